The molecule has 1 saturated heterocycles. The lowest BCUT2D eigenvalue weighted by atomic mass is 9.93. The molecule has 1 fully saturated rings. The number of benzene rings is 1. The van der Waals surface area contributed by atoms with Gasteiger partial charge in [-0.05, 0) is 37.7 Å². The summed E-state index contributed by atoms with van der Waals surface area (Å²) >= 11 is 0. The van der Waals surface area contributed by atoms with Crippen LogP contribution in [-0.4, -0.2) is 37.6 Å². The largest absolute Gasteiger partial charge is 0.328 e. The van der Waals surface area contributed by atoms with Crippen molar-refractivity contribution in [1.29, 1.82) is 0 Å². The van der Waals surface area contributed by atoms with E-state index < -0.39 is 10.0 Å². The third-order valence-corrected chi connectivity index (χ3v) is 5.89. The molecule has 0 amide bonds. The molecule has 0 bridgehead atoms. The second kappa shape index (κ2) is 6.70. The third-order valence-electron chi connectivity index (χ3n) is 4.05. The average molecular weight is 296 g/mol. The van der Waals surface area contributed by atoms with Crippen LogP contribution in [0.5, 0.6) is 0 Å². The van der Waals surface area contributed by atoms with Crippen molar-refractivity contribution in [2.24, 2.45) is 11.7 Å². The number of hydrogen-bond donors (Lipinski definition) is 1. The molecule has 2 unspecified atom stereocenters. The number of sulfonamides is 1. The number of nitrogens with two attached hydrogens (primary N) is 1. The van der Waals surface area contributed by atoms with Crippen molar-refractivity contribution in [1.82, 2.24) is 4.31 Å². The predicted octanol–water partition coefficient (Wildman–Crippen LogP) is 1.62. The van der Waals surface area contributed by atoms with Gasteiger partial charge in [-0.2, -0.15) is 0 Å². The molecule has 112 valence electrons. The molecule has 2 atom stereocenters. The molecular formula is C15H24N2O2S. The molecule has 4 nitrogen and oxygen atoms in total. The molecule has 1 aliphatic rings. The van der Waals surface area contributed by atoms with Gasteiger partial charge in [0.25, 0.3) is 0 Å². The van der Waals surface area contributed by atoms with E-state index in [4.69, 9.17) is 5.73 Å². The van der Waals surface area contributed by atoms with Crippen molar-refractivity contribution >= 4 is 10.0 Å². The smallest absolute Gasteiger partial charge is 0.214 e. The summed E-state index contributed by atoms with van der Waals surface area (Å²) in [6.07, 6.45) is 2.52. The highest BCUT2D eigenvalue weighted by atomic mass is 32.2. The molecule has 0 saturated carbocycles. The van der Waals surface area contributed by atoms with Gasteiger partial charge in [-0.1, -0.05) is 30.3 Å². The quantitative estimate of drug-likeness (QED) is 0.898. The first-order valence-electron chi connectivity index (χ1n) is 7.26. The lowest BCUT2D eigenvalue weighted by molar-refractivity contribution is 0.243. The Bertz CT molecular complexity index is 514. The van der Waals surface area contributed by atoms with Crippen molar-refractivity contribution in [3.63, 3.8) is 0 Å². The summed E-state index contributed by atoms with van der Waals surface area (Å²) in [5, 5.41) is 0. The topological polar surface area (TPSA) is 63.4 Å². The first-order chi connectivity index (χ1) is 9.49. The van der Waals surface area contributed by atoms with E-state index in [1.54, 1.807) is 4.31 Å². The minimum Gasteiger partial charge on any atom is -0.328 e. The van der Waals surface area contributed by atoms with Gasteiger partial charge >= 0.3 is 0 Å². The summed E-state index contributed by atoms with van der Waals surface area (Å²) in [6.45, 7) is 3.18. The number of aryl methyl sites for hydroxylation is 1. The summed E-state index contributed by atoms with van der Waals surface area (Å²) in [7, 11) is -3.17. The molecule has 1 heterocycles. The van der Waals surface area contributed by atoms with Gasteiger partial charge in [0.1, 0.15) is 0 Å². The second-order valence-electron chi connectivity index (χ2n) is 5.67. The Balaban J connectivity index is 1.96. The van der Waals surface area contributed by atoms with Crippen LogP contribution in [0, 0.1) is 5.92 Å². The Morgan fingerprint density at radius 3 is 2.70 bits per heavy atom. The zero-order valence-corrected chi connectivity index (χ0v) is 12.8. The fourth-order valence-corrected chi connectivity index (χ4v) is 4.25. The zero-order valence-electron chi connectivity index (χ0n) is 12.0. The highest BCUT2D eigenvalue weighted by Gasteiger charge is 2.29. The molecular weight excluding hydrogens is 272 g/mol. The van der Waals surface area contributed by atoms with Crippen molar-refractivity contribution in [2.45, 2.75) is 32.2 Å². The molecule has 2 rings (SSSR count). The van der Waals surface area contributed by atoms with Crippen molar-refractivity contribution < 1.29 is 8.42 Å². The van der Waals surface area contributed by atoms with Crippen molar-refractivity contribution in [3.05, 3.63) is 35.9 Å². The molecule has 1 aromatic carbocycles. The zero-order chi connectivity index (χ0) is 14.6. The van der Waals surface area contributed by atoms with Crippen molar-refractivity contribution in [3.8, 4) is 0 Å². The highest BCUT2D eigenvalue weighted by Crippen LogP contribution is 2.21. The van der Waals surface area contributed by atoms with Crippen LogP contribution in [0.2, 0.25) is 0 Å². The summed E-state index contributed by atoms with van der Waals surface area (Å²) in [5.74, 6) is 0.470. The van der Waals surface area contributed by atoms with Gasteiger partial charge in [-0.15, -0.1) is 0 Å². The molecule has 1 aliphatic heterocycles. The Labute approximate surface area is 122 Å². The Kier molecular flexibility index (Phi) is 5.18. The maximum absolute atomic E-state index is 12.4. The van der Waals surface area contributed by atoms with E-state index in [0.717, 1.165) is 18.4 Å². The van der Waals surface area contributed by atoms with Crippen LogP contribution in [0.4, 0.5) is 0 Å². The lowest BCUT2D eigenvalue weighted by Crippen LogP contribution is -2.45. The summed E-state index contributed by atoms with van der Waals surface area (Å²) in [4.78, 5) is 0. The van der Waals surface area contributed by atoms with E-state index in [0.29, 0.717) is 19.5 Å². The Morgan fingerprint density at radius 2 is 2.05 bits per heavy atom. The summed E-state index contributed by atoms with van der Waals surface area (Å²) in [5.41, 5.74) is 6.98. The van der Waals surface area contributed by atoms with Gasteiger partial charge in [0.05, 0.1) is 5.75 Å². The SMILES string of the molecule is CC(N)C1CCCN(S(=O)(=O)CCc2ccccc2)C1. The molecule has 1 aromatic rings. The normalized spacial score (nSPS) is 22.6. The first kappa shape index (κ1) is 15.5. The van der Waals surface area contributed by atoms with Crippen molar-refractivity contribution in [2.75, 3.05) is 18.8 Å². The maximum atomic E-state index is 12.4. The van der Waals surface area contributed by atoms with Crippen LogP contribution in [0.25, 0.3) is 0 Å². The number of nitrogens with zero attached hydrogens (tertiary/aromatic N) is 1. The van der Waals surface area contributed by atoms with Gasteiger partial charge in [0, 0.05) is 19.1 Å². The standard InChI is InChI=1S/C15H24N2O2S/c1-13(16)15-8-5-10-17(12-15)20(18,19)11-9-14-6-3-2-4-7-14/h2-4,6-7,13,15H,5,8-12,16H2,1H3. The van der Waals surface area contributed by atoms with Gasteiger partial charge < -0.3 is 5.73 Å². The van der Waals surface area contributed by atoms with E-state index in [-0.39, 0.29) is 17.7 Å². The molecule has 20 heavy (non-hydrogen) atoms. The Morgan fingerprint density at radius 1 is 1.35 bits per heavy atom. The van der Waals surface area contributed by atoms with E-state index >= 15 is 0 Å². The summed E-state index contributed by atoms with van der Waals surface area (Å²) < 4.78 is 26.5. The fraction of sp³-hybridized carbons (Fsp3) is 0.600. The van der Waals surface area contributed by atoms with Gasteiger partial charge in [-0.25, -0.2) is 12.7 Å². The van der Waals surface area contributed by atoms with Gasteiger partial charge in [-0.3, -0.25) is 0 Å². The van der Waals surface area contributed by atoms with E-state index in [1.807, 2.05) is 37.3 Å². The molecule has 5 heteroatoms. The molecule has 0 aliphatic carbocycles. The lowest BCUT2D eigenvalue weighted by Gasteiger charge is -2.33. The molecule has 0 aromatic heterocycles. The van der Waals surface area contributed by atoms with E-state index in [2.05, 4.69) is 0 Å². The third kappa shape index (κ3) is 4.04. The van der Waals surface area contributed by atoms with Crippen LogP contribution in [0.3, 0.4) is 0 Å². The van der Waals surface area contributed by atoms with Gasteiger partial charge in [0.15, 0.2) is 0 Å². The molecule has 0 spiro atoms. The van der Waals surface area contributed by atoms with Crippen LogP contribution < -0.4 is 5.73 Å². The summed E-state index contributed by atoms with van der Waals surface area (Å²) in [6, 6.07) is 9.81. The minimum atomic E-state index is -3.17. The van der Waals surface area contributed by atoms with E-state index in [9.17, 15) is 8.42 Å². The van der Waals surface area contributed by atoms with Crippen LogP contribution in [0.1, 0.15) is 25.3 Å². The van der Waals surface area contributed by atoms with Crippen LogP contribution in [0.15, 0.2) is 30.3 Å². The van der Waals surface area contributed by atoms with Crippen LogP contribution in [-0.2, 0) is 16.4 Å². The Hall–Kier alpha value is -0.910. The number of piperidine rings is 1. The minimum absolute atomic E-state index is 0.0575. The first-order valence-corrected chi connectivity index (χ1v) is 8.87. The van der Waals surface area contributed by atoms with Crippen LogP contribution >= 0.6 is 0 Å². The van der Waals surface area contributed by atoms with Gasteiger partial charge in [0.2, 0.25) is 10.0 Å². The predicted molar refractivity (Wildman–Crippen MR) is 81.9 cm³/mol. The number of hydrogen-bond acceptors (Lipinski definition) is 3. The average Bonchev–Trinajstić information content (AvgIpc) is 2.46. The van der Waals surface area contributed by atoms with E-state index in [1.165, 1.54) is 0 Å². The highest BCUT2D eigenvalue weighted by molar-refractivity contribution is 7.89. The monoisotopic (exact) mass is 296 g/mol. The molecule has 2 N–H and O–H groups in total. The molecule has 0 radical (unpaired) electrons. The maximum Gasteiger partial charge on any atom is 0.214 e. The fourth-order valence-electron chi connectivity index (χ4n) is 2.68. The number of rotatable bonds is 5. The second-order valence-corrected chi connectivity index (χ2v) is 7.76.